The van der Waals surface area contributed by atoms with E-state index in [0.717, 1.165) is 49.7 Å². The molecule has 192 valence electrons. The molecule has 1 aliphatic rings. The average Bonchev–Trinajstić information content (AvgIpc) is 3.23. The highest BCUT2D eigenvalue weighted by Gasteiger charge is 2.25. The van der Waals surface area contributed by atoms with Crippen molar-refractivity contribution in [3.63, 3.8) is 0 Å². The Morgan fingerprint density at radius 1 is 1.00 bits per heavy atom. The molecule has 1 aliphatic heterocycles. The highest BCUT2D eigenvalue weighted by atomic mass is 35.5. The van der Waals surface area contributed by atoms with E-state index < -0.39 is 0 Å². The standard InChI is InChI=1S/C32H36ClN3O/c1-4-36-30-11-6-5-10-28(30)29(31(36)24-12-14-26(33)15-13-24)21-35-18-16-23(17-19-35)25-8-7-9-27(20-25)34-32(37)22(2)3/h5-15,20,22-23H,4,16-19,21H2,1-3H3,(H,34,37). The van der Waals surface area contributed by atoms with Gasteiger partial charge in [0.05, 0.1) is 5.69 Å². The first kappa shape index (κ1) is 25.6. The number of amides is 1. The van der Waals surface area contributed by atoms with E-state index in [1.165, 1.54) is 33.3 Å². The van der Waals surface area contributed by atoms with Crippen LogP contribution in [0.2, 0.25) is 5.02 Å². The lowest BCUT2D eigenvalue weighted by molar-refractivity contribution is -0.118. The van der Waals surface area contributed by atoms with Gasteiger partial charge in [0.1, 0.15) is 0 Å². The monoisotopic (exact) mass is 513 g/mol. The molecule has 0 spiro atoms. The fourth-order valence-corrected chi connectivity index (χ4v) is 5.73. The fourth-order valence-electron chi connectivity index (χ4n) is 5.61. The molecule has 4 aromatic rings. The van der Waals surface area contributed by atoms with Crippen LogP contribution in [0.15, 0.2) is 72.8 Å². The number of carbonyl (C=O) groups is 1. The molecule has 0 radical (unpaired) electrons. The van der Waals surface area contributed by atoms with Gasteiger partial charge in [-0.25, -0.2) is 0 Å². The summed E-state index contributed by atoms with van der Waals surface area (Å²) >= 11 is 6.22. The summed E-state index contributed by atoms with van der Waals surface area (Å²) < 4.78 is 2.44. The number of benzene rings is 3. The average molecular weight is 514 g/mol. The Labute approximate surface area is 225 Å². The van der Waals surface area contributed by atoms with Crippen molar-refractivity contribution in [2.24, 2.45) is 5.92 Å². The molecule has 1 amide bonds. The van der Waals surface area contributed by atoms with Gasteiger partial charge in [0, 0.05) is 40.6 Å². The molecule has 5 heteroatoms. The Hall–Kier alpha value is -3.08. The lowest BCUT2D eigenvalue weighted by atomic mass is 9.89. The normalized spacial score (nSPS) is 14.9. The quantitative estimate of drug-likeness (QED) is 0.272. The number of aromatic nitrogens is 1. The Balaban J connectivity index is 1.36. The van der Waals surface area contributed by atoms with Crippen molar-refractivity contribution in [3.8, 4) is 11.3 Å². The van der Waals surface area contributed by atoms with Gasteiger partial charge in [-0.15, -0.1) is 0 Å². The Kier molecular flexibility index (Phi) is 7.68. The minimum Gasteiger partial charge on any atom is -0.340 e. The number of fused-ring (bicyclic) bond motifs is 1. The second-order valence-corrected chi connectivity index (χ2v) is 10.9. The summed E-state index contributed by atoms with van der Waals surface area (Å²) in [4.78, 5) is 14.8. The van der Waals surface area contributed by atoms with Gasteiger partial charge in [0.25, 0.3) is 0 Å². The van der Waals surface area contributed by atoms with E-state index in [9.17, 15) is 4.79 Å². The highest BCUT2D eigenvalue weighted by Crippen LogP contribution is 2.37. The first-order valence-corrected chi connectivity index (χ1v) is 13.8. The van der Waals surface area contributed by atoms with Crippen molar-refractivity contribution in [1.29, 1.82) is 0 Å². The summed E-state index contributed by atoms with van der Waals surface area (Å²) in [5.74, 6) is 0.554. The van der Waals surface area contributed by atoms with E-state index in [1.807, 2.05) is 32.0 Å². The molecule has 1 aromatic heterocycles. The molecular weight excluding hydrogens is 478 g/mol. The van der Waals surface area contributed by atoms with E-state index in [0.29, 0.717) is 5.92 Å². The molecule has 0 aliphatic carbocycles. The number of para-hydroxylation sites is 1. The molecule has 1 N–H and O–H groups in total. The second-order valence-electron chi connectivity index (χ2n) is 10.4. The van der Waals surface area contributed by atoms with Crippen LogP contribution in [0.1, 0.15) is 50.7 Å². The van der Waals surface area contributed by atoms with Crippen LogP contribution in [-0.2, 0) is 17.9 Å². The van der Waals surface area contributed by atoms with Crippen LogP contribution in [-0.4, -0.2) is 28.5 Å². The smallest absolute Gasteiger partial charge is 0.226 e. The van der Waals surface area contributed by atoms with Crippen molar-refractivity contribution in [2.75, 3.05) is 18.4 Å². The zero-order valence-electron chi connectivity index (χ0n) is 22.0. The zero-order chi connectivity index (χ0) is 25.9. The maximum Gasteiger partial charge on any atom is 0.226 e. The number of hydrogen-bond donors (Lipinski definition) is 1. The maximum absolute atomic E-state index is 12.2. The summed E-state index contributed by atoms with van der Waals surface area (Å²) in [5, 5.41) is 5.15. The SMILES string of the molecule is CCn1c(-c2ccc(Cl)cc2)c(CN2CCC(c3cccc(NC(=O)C(C)C)c3)CC2)c2ccccc21. The van der Waals surface area contributed by atoms with E-state index in [1.54, 1.807) is 0 Å². The van der Waals surface area contributed by atoms with Crippen LogP contribution in [0, 0.1) is 5.92 Å². The van der Waals surface area contributed by atoms with Gasteiger partial charge < -0.3 is 9.88 Å². The number of halogens is 1. The molecule has 4 nitrogen and oxygen atoms in total. The Morgan fingerprint density at radius 3 is 2.43 bits per heavy atom. The first-order valence-electron chi connectivity index (χ1n) is 13.4. The first-order chi connectivity index (χ1) is 17.9. The van der Waals surface area contributed by atoms with E-state index in [-0.39, 0.29) is 11.8 Å². The van der Waals surface area contributed by atoms with Crippen molar-refractivity contribution < 1.29 is 4.79 Å². The van der Waals surface area contributed by atoms with Crippen LogP contribution >= 0.6 is 11.6 Å². The van der Waals surface area contributed by atoms with Gasteiger partial charge >= 0.3 is 0 Å². The molecule has 5 rings (SSSR count). The largest absolute Gasteiger partial charge is 0.340 e. The molecule has 0 saturated carbocycles. The minimum atomic E-state index is -0.0247. The zero-order valence-corrected chi connectivity index (χ0v) is 22.8. The molecular formula is C32H36ClN3O. The molecule has 0 atom stereocenters. The summed E-state index contributed by atoms with van der Waals surface area (Å²) in [6.45, 7) is 10.0. The number of nitrogens with one attached hydrogen (secondary N) is 1. The minimum absolute atomic E-state index is 0.0247. The van der Waals surface area contributed by atoms with Crippen LogP contribution < -0.4 is 5.32 Å². The second kappa shape index (κ2) is 11.1. The van der Waals surface area contributed by atoms with Crippen LogP contribution in [0.25, 0.3) is 22.2 Å². The number of anilines is 1. The number of rotatable bonds is 7. The number of nitrogens with zero attached hydrogens (tertiary/aromatic N) is 2. The summed E-state index contributed by atoms with van der Waals surface area (Å²) in [6.07, 6.45) is 2.23. The third kappa shape index (κ3) is 5.46. The van der Waals surface area contributed by atoms with Crippen LogP contribution in [0.3, 0.4) is 0 Å². The van der Waals surface area contributed by atoms with E-state index >= 15 is 0 Å². The van der Waals surface area contributed by atoms with Gasteiger partial charge in [-0.3, -0.25) is 9.69 Å². The fraction of sp³-hybridized carbons (Fsp3) is 0.344. The van der Waals surface area contributed by atoms with Crippen molar-refractivity contribution in [3.05, 3.63) is 88.9 Å². The predicted octanol–water partition coefficient (Wildman–Crippen LogP) is 7.96. The van der Waals surface area contributed by atoms with Crippen LogP contribution in [0.5, 0.6) is 0 Å². The molecule has 1 saturated heterocycles. The summed E-state index contributed by atoms with van der Waals surface area (Å²) in [5.41, 5.74) is 7.43. The lowest BCUT2D eigenvalue weighted by Gasteiger charge is -2.32. The molecule has 2 heterocycles. The number of likely N-dealkylation sites (tertiary alicyclic amines) is 1. The Bertz CT molecular complexity index is 1380. The predicted molar refractivity (Wildman–Crippen MR) is 155 cm³/mol. The number of aryl methyl sites for hydroxylation is 1. The number of hydrogen-bond acceptors (Lipinski definition) is 2. The highest BCUT2D eigenvalue weighted by molar-refractivity contribution is 6.30. The van der Waals surface area contributed by atoms with E-state index in [4.69, 9.17) is 11.6 Å². The third-order valence-electron chi connectivity index (χ3n) is 7.63. The van der Waals surface area contributed by atoms with Crippen molar-refractivity contribution in [1.82, 2.24) is 9.47 Å². The van der Waals surface area contributed by atoms with Gasteiger partial charge in [-0.05, 0) is 85.8 Å². The van der Waals surface area contributed by atoms with E-state index in [2.05, 4.69) is 76.3 Å². The molecule has 1 fully saturated rings. The van der Waals surface area contributed by atoms with Gasteiger partial charge in [0.2, 0.25) is 5.91 Å². The summed E-state index contributed by atoms with van der Waals surface area (Å²) in [7, 11) is 0. The number of carbonyl (C=O) groups excluding carboxylic acids is 1. The van der Waals surface area contributed by atoms with Gasteiger partial charge in [0.15, 0.2) is 0 Å². The third-order valence-corrected chi connectivity index (χ3v) is 7.88. The van der Waals surface area contributed by atoms with Crippen molar-refractivity contribution >= 4 is 34.1 Å². The molecule has 37 heavy (non-hydrogen) atoms. The molecule has 0 bridgehead atoms. The van der Waals surface area contributed by atoms with Gasteiger partial charge in [-0.1, -0.05) is 67.9 Å². The molecule has 0 unspecified atom stereocenters. The topological polar surface area (TPSA) is 37.3 Å². The maximum atomic E-state index is 12.2. The lowest BCUT2D eigenvalue weighted by Crippen LogP contribution is -2.32. The summed E-state index contributed by atoms with van der Waals surface area (Å²) in [6, 6.07) is 25.5. The Morgan fingerprint density at radius 2 is 1.73 bits per heavy atom. The van der Waals surface area contributed by atoms with Gasteiger partial charge in [-0.2, -0.15) is 0 Å². The van der Waals surface area contributed by atoms with Crippen LogP contribution in [0.4, 0.5) is 5.69 Å². The number of piperidine rings is 1. The van der Waals surface area contributed by atoms with Crippen molar-refractivity contribution in [2.45, 2.75) is 52.6 Å². The molecule has 3 aromatic carbocycles.